The molecule has 8 nitrogen and oxygen atoms in total. The molecule has 1 aliphatic rings. The molecular formula is C23H25N3O5. The Kier molecular flexibility index (Phi) is 6.69. The Hall–Kier alpha value is -3.68. The number of carbonyl (C=O) groups is 3. The number of nitrogens with one attached hydrogen (secondary N) is 1. The lowest BCUT2D eigenvalue weighted by Crippen LogP contribution is -2.64. The molecule has 4 amide bonds. The minimum Gasteiger partial charge on any atom is -0.493 e. The fraction of sp³-hybridized carbons (Fsp3) is 0.304. The molecule has 1 N–H and O–H groups in total. The highest BCUT2D eigenvalue weighted by Crippen LogP contribution is 2.37. The molecule has 1 saturated heterocycles. The Bertz CT molecular complexity index is 992. The second kappa shape index (κ2) is 9.42. The molecule has 1 atom stereocenters. The number of nitrogens with zero attached hydrogens (tertiary/aromatic N) is 2. The van der Waals surface area contributed by atoms with Gasteiger partial charge in [0.25, 0.3) is 0 Å². The van der Waals surface area contributed by atoms with Crippen molar-refractivity contribution in [1.29, 1.82) is 0 Å². The summed E-state index contributed by atoms with van der Waals surface area (Å²) in [6.45, 7) is 3.62. The molecule has 0 aliphatic carbocycles. The van der Waals surface area contributed by atoms with Crippen molar-refractivity contribution < 1.29 is 23.9 Å². The first-order valence-electron chi connectivity index (χ1n) is 9.84. The van der Waals surface area contributed by atoms with E-state index in [1.54, 1.807) is 30.5 Å². The monoisotopic (exact) mass is 423 g/mol. The molecule has 3 rings (SSSR count). The number of aromatic nitrogens is 1. The first-order valence-corrected chi connectivity index (χ1v) is 9.84. The van der Waals surface area contributed by atoms with Crippen LogP contribution < -0.4 is 14.8 Å². The van der Waals surface area contributed by atoms with Crippen LogP contribution in [0.1, 0.15) is 17.7 Å². The zero-order valence-electron chi connectivity index (χ0n) is 17.6. The van der Waals surface area contributed by atoms with Gasteiger partial charge in [-0.25, -0.2) is 4.79 Å². The number of aryl methyl sites for hydroxylation is 1. The topological polar surface area (TPSA) is 97.8 Å². The average molecular weight is 423 g/mol. The molecule has 1 unspecified atom stereocenters. The summed E-state index contributed by atoms with van der Waals surface area (Å²) < 4.78 is 10.6. The van der Waals surface area contributed by atoms with E-state index in [2.05, 4.69) is 16.9 Å². The third-order valence-corrected chi connectivity index (χ3v) is 5.35. The first kappa shape index (κ1) is 22.0. The number of methoxy groups -OCH3 is 2. The SMILES string of the molecule is C=CCN1C(=O)NC(=O)C(CCc2ccccn2)(Cc2ccc(OC)c(OC)c2)C1=O. The largest absolute Gasteiger partial charge is 0.493 e. The lowest BCUT2D eigenvalue weighted by molar-refractivity contribution is -0.151. The first-order chi connectivity index (χ1) is 14.9. The lowest BCUT2D eigenvalue weighted by Gasteiger charge is -2.39. The van der Waals surface area contributed by atoms with E-state index >= 15 is 0 Å². The highest BCUT2D eigenvalue weighted by molar-refractivity contribution is 6.19. The van der Waals surface area contributed by atoms with Crippen LogP contribution in [0.15, 0.2) is 55.3 Å². The Morgan fingerprint density at radius 1 is 1.13 bits per heavy atom. The predicted molar refractivity (Wildman–Crippen MR) is 114 cm³/mol. The second-order valence-electron chi connectivity index (χ2n) is 7.23. The summed E-state index contributed by atoms with van der Waals surface area (Å²) in [5.41, 5.74) is -0.0226. The van der Waals surface area contributed by atoms with Crippen LogP contribution in [0.2, 0.25) is 0 Å². The van der Waals surface area contributed by atoms with Crippen LogP contribution in [-0.2, 0) is 22.4 Å². The van der Waals surface area contributed by atoms with E-state index in [0.717, 1.165) is 10.6 Å². The number of ether oxygens (including phenoxy) is 2. The van der Waals surface area contributed by atoms with Crippen molar-refractivity contribution in [2.75, 3.05) is 20.8 Å². The summed E-state index contributed by atoms with van der Waals surface area (Å²) in [5, 5.41) is 2.35. The molecule has 162 valence electrons. The van der Waals surface area contributed by atoms with Crippen molar-refractivity contribution in [1.82, 2.24) is 15.2 Å². The Morgan fingerprint density at radius 2 is 1.90 bits per heavy atom. The fourth-order valence-electron chi connectivity index (χ4n) is 3.72. The van der Waals surface area contributed by atoms with Crippen LogP contribution >= 0.6 is 0 Å². The molecular weight excluding hydrogens is 398 g/mol. The summed E-state index contributed by atoms with van der Waals surface area (Å²) in [6.07, 6.45) is 3.78. The van der Waals surface area contributed by atoms with Gasteiger partial charge in [-0.2, -0.15) is 0 Å². The molecule has 2 heterocycles. The highest BCUT2D eigenvalue weighted by Gasteiger charge is 2.53. The predicted octanol–water partition coefficient (Wildman–Crippen LogP) is 2.52. The van der Waals surface area contributed by atoms with Crippen molar-refractivity contribution in [3.05, 3.63) is 66.5 Å². The lowest BCUT2D eigenvalue weighted by atomic mass is 9.74. The summed E-state index contributed by atoms with van der Waals surface area (Å²) in [6, 6.07) is 9.97. The molecule has 0 saturated carbocycles. The van der Waals surface area contributed by atoms with Crippen molar-refractivity contribution in [3.8, 4) is 11.5 Å². The maximum absolute atomic E-state index is 13.5. The van der Waals surface area contributed by atoms with Crippen LogP contribution in [0.3, 0.4) is 0 Å². The summed E-state index contributed by atoms with van der Waals surface area (Å²) in [5.74, 6) is -0.139. The number of hydrogen-bond acceptors (Lipinski definition) is 6. The maximum Gasteiger partial charge on any atom is 0.331 e. The molecule has 1 aliphatic heterocycles. The van der Waals surface area contributed by atoms with Gasteiger partial charge < -0.3 is 9.47 Å². The summed E-state index contributed by atoms with van der Waals surface area (Å²) in [4.78, 5) is 44.2. The second-order valence-corrected chi connectivity index (χ2v) is 7.23. The molecule has 8 heteroatoms. The quantitative estimate of drug-likeness (QED) is 0.492. The molecule has 0 radical (unpaired) electrons. The van der Waals surface area contributed by atoms with E-state index < -0.39 is 23.3 Å². The normalized spacial score (nSPS) is 18.5. The number of barbiturate groups is 1. The molecule has 0 bridgehead atoms. The third kappa shape index (κ3) is 4.42. The van der Waals surface area contributed by atoms with Gasteiger partial charge in [-0.05, 0) is 49.1 Å². The van der Waals surface area contributed by atoms with Crippen molar-refractivity contribution >= 4 is 17.8 Å². The van der Waals surface area contributed by atoms with Gasteiger partial charge in [0.1, 0.15) is 5.41 Å². The highest BCUT2D eigenvalue weighted by atomic mass is 16.5. The van der Waals surface area contributed by atoms with Gasteiger partial charge >= 0.3 is 6.03 Å². The van der Waals surface area contributed by atoms with Gasteiger partial charge in [0.2, 0.25) is 11.8 Å². The molecule has 1 aromatic heterocycles. The number of urea groups is 1. The summed E-state index contributed by atoms with van der Waals surface area (Å²) >= 11 is 0. The zero-order valence-corrected chi connectivity index (χ0v) is 17.6. The van der Waals surface area contributed by atoms with E-state index in [-0.39, 0.29) is 19.4 Å². The van der Waals surface area contributed by atoms with Gasteiger partial charge in [-0.15, -0.1) is 6.58 Å². The van der Waals surface area contributed by atoms with Crippen LogP contribution in [0, 0.1) is 5.41 Å². The third-order valence-electron chi connectivity index (χ3n) is 5.35. The Balaban J connectivity index is 2.01. The number of rotatable bonds is 9. The smallest absolute Gasteiger partial charge is 0.331 e. The van der Waals surface area contributed by atoms with Gasteiger partial charge in [-0.1, -0.05) is 18.2 Å². The number of pyridine rings is 1. The van der Waals surface area contributed by atoms with Crippen molar-refractivity contribution in [2.45, 2.75) is 19.3 Å². The average Bonchev–Trinajstić information content (AvgIpc) is 2.79. The molecule has 1 fully saturated rings. The van der Waals surface area contributed by atoms with E-state index in [1.165, 1.54) is 20.3 Å². The number of benzene rings is 1. The van der Waals surface area contributed by atoms with E-state index in [1.807, 2.05) is 12.1 Å². The Morgan fingerprint density at radius 3 is 2.55 bits per heavy atom. The van der Waals surface area contributed by atoms with E-state index in [9.17, 15) is 14.4 Å². The molecule has 31 heavy (non-hydrogen) atoms. The minimum absolute atomic E-state index is 0.00914. The van der Waals surface area contributed by atoms with E-state index in [0.29, 0.717) is 23.5 Å². The van der Waals surface area contributed by atoms with Gasteiger partial charge in [0.05, 0.1) is 14.2 Å². The molecule has 0 spiro atoms. The Labute approximate surface area is 180 Å². The molecule has 1 aromatic carbocycles. The maximum atomic E-state index is 13.5. The van der Waals surface area contributed by atoms with Crippen molar-refractivity contribution in [2.24, 2.45) is 5.41 Å². The number of amides is 4. The van der Waals surface area contributed by atoms with Crippen molar-refractivity contribution in [3.63, 3.8) is 0 Å². The van der Waals surface area contributed by atoms with Crippen LogP contribution in [0.25, 0.3) is 0 Å². The number of hydrogen-bond donors (Lipinski definition) is 1. The van der Waals surface area contributed by atoms with Crippen LogP contribution in [-0.4, -0.2) is 48.5 Å². The van der Waals surface area contributed by atoms with Gasteiger partial charge in [0, 0.05) is 18.4 Å². The van der Waals surface area contributed by atoms with E-state index in [4.69, 9.17) is 9.47 Å². The fourth-order valence-corrected chi connectivity index (χ4v) is 3.72. The zero-order chi connectivity index (χ0) is 22.4. The standard InChI is InChI=1S/C23H25N3O5/c1-4-13-26-21(28)23(20(27)25-22(26)29,11-10-17-7-5-6-12-24-17)15-16-8-9-18(30-2)19(14-16)31-3/h4-9,12,14H,1,10-11,13,15H2,2-3H3,(H,25,27,29). The van der Waals surface area contributed by atoms with Crippen LogP contribution in [0.4, 0.5) is 4.79 Å². The number of imide groups is 2. The van der Waals surface area contributed by atoms with Crippen LogP contribution in [0.5, 0.6) is 11.5 Å². The summed E-state index contributed by atoms with van der Waals surface area (Å²) in [7, 11) is 3.05. The molecule has 2 aromatic rings. The van der Waals surface area contributed by atoms with Gasteiger partial charge in [0.15, 0.2) is 11.5 Å². The number of carbonyl (C=O) groups excluding carboxylic acids is 3. The minimum atomic E-state index is -1.48. The van der Waals surface area contributed by atoms with Gasteiger partial charge in [-0.3, -0.25) is 24.8 Å².